The first-order valence-corrected chi connectivity index (χ1v) is 11.4. The van der Waals surface area contributed by atoms with Crippen LogP contribution < -0.4 is 10.1 Å². The average molecular weight is 490 g/mol. The Morgan fingerprint density at radius 2 is 1.85 bits per heavy atom. The molecule has 0 fully saturated rings. The highest BCUT2D eigenvalue weighted by Crippen LogP contribution is 2.34. The van der Waals surface area contributed by atoms with E-state index < -0.39 is 11.9 Å². The van der Waals surface area contributed by atoms with Crippen molar-refractivity contribution in [2.24, 2.45) is 0 Å². The maximum absolute atomic E-state index is 12.8. The number of halogens is 1. The highest BCUT2D eigenvalue weighted by atomic mass is 35.5. The Morgan fingerprint density at radius 3 is 2.45 bits per heavy atom. The number of carbonyl (C=O) groups is 3. The van der Waals surface area contributed by atoms with Crippen LogP contribution in [0.4, 0.5) is 5.00 Å². The first-order valence-electron chi connectivity index (χ1n) is 10.2. The molecular formula is C23H24ClN3O5S. The first kappa shape index (κ1) is 24.5. The summed E-state index contributed by atoms with van der Waals surface area (Å²) in [5.41, 5.74) is 2.60. The standard InChI is InChI=1S/C23H24ClN3O5S/c1-6-31-23(30)18-14(4)20(15(5)28)33-22(18)25-21(29)17-7-8-27(26-17)11-32-16-9-12(2)19(24)13(3)10-16/h7-10H,6,11H2,1-5H3,(H,25,29). The fourth-order valence-corrected chi connectivity index (χ4v) is 4.43. The smallest absolute Gasteiger partial charge is 0.341 e. The minimum Gasteiger partial charge on any atom is -0.471 e. The maximum atomic E-state index is 12.8. The number of Topliss-reactive ketones (excluding diaryl/α,β-unsaturated/α-hetero) is 1. The van der Waals surface area contributed by atoms with Crippen molar-refractivity contribution in [1.29, 1.82) is 0 Å². The Morgan fingerprint density at radius 1 is 1.18 bits per heavy atom. The van der Waals surface area contributed by atoms with Crippen LogP contribution in [0.2, 0.25) is 5.02 Å². The lowest BCUT2D eigenvalue weighted by Crippen LogP contribution is -2.16. The Kier molecular flexibility index (Phi) is 7.55. The number of ether oxygens (including phenoxy) is 2. The summed E-state index contributed by atoms with van der Waals surface area (Å²) < 4.78 is 12.3. The highest BCUT2D eigenvalue weighted by molar-refractivity contribution is 7.18. The number of benzene rings is 1. The minimum atomic E-state index is -0.596. The van der Waals surface area contributed by atoms with Crippen molar-refractivity contribution in [3.63, 3.8) is 0 Å². The zero-order chi connectivity index (χ0) is 24.3. The Hall–Kier alpha value is -3.17. The number of hydrogen-bond acceptors (Lipinski definition) is 7. The summed E-state index contributed by atoms with van der Waals surface area (Å²) in [7, 11) is 0. The van der Waals surface area contributed by atoms with Gasteiger partial charge in [-0.15, -0.1) is 11.3 Å². The van der Waals surface area contributed by atoms with Crippen LogP contribution in [-0.2, 0) is 11.5 Å². The van der Waals surface area contributed by atoms with Crippen LogP contribution in [0.3, 0.4) is 0 Å². The summed E-state index contributed by atoms with van der Waals surface area (Å²) in [4.78, 5) is 37.5. The zero-order valence-electron chi connectivity index (χ0n) is 18.9. The van der Waals surface area contributed by atoms with E-state index in [0.717, 1.165) is 22.5 Å². The molecule has 174 valence electrons. The van der Waals surface area contributed by atoms with E-state index in [2.05, 4.69) is 10.4 Å². The third kappa shape index (κ3) is 5.43. The van der Waals surface area contributed by atoms with Gasteiger partial charge in [0, 0.05) is 11.2 Å². The molecule has 2 aromatic heterocycles. The number of nitrogens with zero attached hydrogens (tertiary/aromatic N) is 2. The van der Waals surface area contributed by atoms with Crippen LogP contribution in [0.15, 0.2) is 24.4 Å². The molecule has 0 radical (unpaired) electrons. The Labute approximate surface area is 200 Å². The molecule has 0 saturated carbocycles. The second kappa shape index (κ2) is 10.2. The van der Waals surface area contributed by atoms with E-state index in [0.29, 0.717) is 21.2 Å². The molecule has 2 heterocycles. The van der Waals surface area contributed by atoms with Crippen LogP contribution in [-0.4, -0.2) is 34.0 Å². The molecule has 1 N–H and O–H groups in total. The molecule has 0 aliphatic carbocycles. The molecule has 0 atom stereocenters. The lowest BCUT2D eigenvalue weighted by molar-refractivity contribution is 0.0527. The van der Waals surface area contributed by atoms with E-state index in [9.17, 15) is 14.4 Å². The highest BCUT2D eigenvalue weighted by Gasteiger charge is 2.26. The molecular weight excluding hydrogens is 466 g/mol. The first-order chi connectivity index (χ1) is 15.6. The molecule has 1 amide bonds. The molecule has 0 aliphatic rings. The molecule has 10 heteroatoms. The van der Waals surface area contributed by atoms with Crippen molar-refractivity contribution < 1.29 is 23.9 Å². The van der Waals surface area contributed by atoms with E-state index in [4.69, 9.17) is 21.1 Å². The predicted molar refractivity (Wildman–Crippen MR) is 127 cm³/mol. The third-order valence-corrected chi connectivity index (χ3v) is 6.72. The number of carbonyl (C=O) groups excluding carboxylic acids is 3. The van der Waals surface area contributed by atoms with Crippen LogP contribution in [0.25, 0.3) is 0 Å². The van der Waals surface area contributed by atoms with Gasteiger partial charge in [-0.05, 0) is 69.5 Å². The van der Waals surface area contributed by atoms with Gasteiger partial charge in [-0.25, -0.2) is 9.48 Å². The number of aryl methyl sites for hydroxylation is 2. The number of esters is 1. The summed E-state index contributed by atoms with van der Waals surface area (Å²) in [6, 6.07) is 5.19. The minimum absolute atomic E-state index is 0.0917. The van der Waals surface area contributed by atoms with Crippen molar-refractivity contribution in [1.82, 2.24) is 9.78 Å². The van der Waals surface area contributed by atoms with Gasteiger partial charge in [0.25, 0.3) is 5.91 Å². The fourth-order valence-electron chi connectivity index (χ4n) is 3.24. The van der Waals surface area contributed by atoms with Crippen molar-refractivity contribution in [2.45, 2.75) is 41.3 Å². The van der Waals surface area contributed by atoms with Gasteiger partial charge in [0.1, 0.15) is 10.8 Å². The van der Waals surface area contributed by atoms with E-state index in [1.165, 1.54) is 17.7 Å². The molecule has 8 nitrogen and oxygen atoms in total. The Balaban J connectivity index is 1.75. The van der Waals surface area contributed by atoms with Crippen LogP contribution in [0.5, 0.6) is 5.75 Å². The second-order valence-electron chi connectivity index (χ2n) is 7.38. The summed E-state index contributed by atoms with van der Waals surface area (Å²) in [5.74, 6) is -0.672. The summed E-state index contributed by atoms with van der Waals surface area (Å²) in [5, 5.41) is 7.86. The number of ketones is 1. The molecule has 0 aliphatic heterocycles. The number of aromatic nitrogens is 2. The van der Waals surface area contributed by atoms with Gasteiger partial charge in [0.15, 0.2) is 18.2 Å². The van der Waals surface area contributed by atoms with Crippen LogP contribution in [0.1, 0.15) is 61.1 Å². The van der Waals surface area contributed by atoms with E-state index in [-0.39, 0.29) is 35.4 Å². The third-order valence-electron chi connectivity index (χ3n) is 4.82. The maximum Gasteiger partial charge on any atom is 0.341 e. The van der Waals surface area contributed by atoms with Gasteiger partial charge in [0.2, 0.25) is 0 Å². The largest absolute Gasteiger partial charge is 0.471 e. The van der Waals surface area contributed by atoms with Crippen LogP contribution >= 0.6 is 22.9 Å². The number of nitrogens with one attached hydrogen (secondary N) is 1. The summed E-state index contributed by atoms with van der Waals surface area (Å²) >= 11 is 7.22. The van der Waals surface area contributed by atoms with Crippen molar-refractivity contribution in [3.05, 3.63) is 62.2 Å². The molecule has 3 aromatic rings. The van der Waals surface area contributed by atoms with E-state index in [1.807, 2.05) is 26.0 Å². The molecule has 0 bridgehead atoms. The normalized spacial score (nSPS) is 10.7. The van der Waals surface area contributed by atoms with Crippen LogP contribution in [0, 0.1) is 20.8 Å². The van der Waals surface area contributed by atoms with Crippen molar-refractivity contribution in [3.8, 4) is 5.75 Å². The topological polar surface area (TPSA) is 99.5 Å². The second-order valence-corrected chi connectivity index (χ2v) is 8.77. The van der Waals surface area contributed by atoms with Gasteiger partial charge >= 0.3 is 5.97 Å². The summed E-state index contributed by atoms with van der Waals surface area (Å²) in [6.45, 7) is 8.81. The van der Waals surface area contributed by atoms with Crippen molar-refractivity contribution >= 4 is 45.6 Å². The fraction of sp³-hybridized carbons (Fsp3) is 0.304. The molecule has 0 spiro atoms. The predicted octanol–water partition coefficient (Wildman–Crippen LogP) is 5.19. The molecule has 0 unspecified atom stereocenters. The quantitative estimate of drug-likeness (QED) is 0.345. The SMILES string of the molecule is CCOC(=O)c1c(NC(=O)c2ccn(COc3cc(C)c(Cl)c(C)c3)n2)sc(C(C)=O)c1C. The lowest BCUT2D eigenvalue weighted by Gasteiger charge is -2.10. The summed E-state index contributed by atoms with van der Waals surface area (Å²) in [6.07, 6.45) is 1.61. The zero-order valence-corrected chi connectivity index (χ0v) is 20.5. The van der Waals surface area contributed by atoms with Crippen molar-refractivity contribution in [2.75, 3.05) is 11.9 Å². The molecule has 3 rings (SSSR count). The van der Waals surface area contributed by atoms with Gasteiger partial charge in [0.05, 0.1) is 17.0 Å². The molecule has 33 heavy (non-hydrogen) atoms. The number of anilines is 1. The molecule has 1 aromatic carbocycles. The molecule has 0 saturated heterocycles. The van der Waals surface area contributed by atoms with Gasteiger partial charge in [-0.3, -0.25) is 9.59 Å². The Bertz CT molecular complexity index is 1210. The number of amides is 1. The number of thiophene rings is 1. The average Bonchev–Trinajstić information content (AvgIpc) is 3.35. The van der Waals surface area contributed by atoms with Gasteiger partial charge in [-0.1, -0.05) is 11.6 Å². The monoisotopic (exact) mass is 489 g/mol. The van der Waals surface area contributed by atoms with E-state index >= 15 is 0 Å². The van der Waals surface area contributed by atoms with Gasteiger partial charge in [-0.2, -0.15) is 5.10 Å². The number of rotatable bonds is 8. The van der Waals surface area contributed by atoms with Gasteiger partial charge < -0.3 is 14.8 Å². The number of hydrogen-bond donors (Lipinski definition) is 1. The lowest BCUT2D eigenvalue weighted by atomic mass is 10.1. The van der Waals surface area contributed by atoms with E-state index in [1.54, 1.807) is 20.0 Å².